The molecule has 0 fully saturated rings. The van der Waals surface area contributed by atoms with Gasteiger partial charge in [0.2, 0.25) is 0 Å². The molecule has 0 saturated carbocycles. The van der Waals surface area contributed by atoms with Crippen LogP contribution in [0.25, 0.3) is 0 Å². The summed E-state index contributed by atoms with van der Waals surface area (Å²) in [4.78, 5) is 20.7. The van der Waals surface area contributed by atoms with Gasteiger partial charge < -0.3 is 9.84 Å². The monoisotopic (exact) mass is 212 g/mol. The molecule has 0 radical (unpaired) electrons. The van der Waals surface area contributed by atoms with Crippen molar-refractivity contribution in [1.29, 1.82) is 0 Å². The number of esters is 1. The van der Waals surface area contributed by atoms with Crippen molar-refractivity contribution in [2.75, 3.05) is 6.61 Å². The van der Waals surface area contributed by atoms with Crippen LogP contribution in [0.4, 0.5) is 13.2 Å². The maximum absolute atomic E-state index is 11.5. The van der Waals surface area contributed by atoms with Gasteiger partial charge >= 0.3 is 18.1 Å². The molecule has 0 aromatic carbocycles. The Balaban J connectivity index is 3.98. The maximum Gasteiger partial charge on any atom is 0.422 e. The van der Waals surface area contributed by atoms with Crippen LogP contribution in [0.1, 0.15) is 6.42 Å². The normalized spacial score (nSPS) is 10.8. The Morgan fingerprint density at radius 3 is 2.21 bits per heavy atom. The molecule has 80 valence electrons. The molecule has 0 bridgehead atoms. The summed E-state index contributed by atoms with van der Waals surface area (Å²) >= 11 is 0. The van der Waals surface area contributed by atoms with E-state index in [4.69, 9.17) is 5.11 Å². The average molecular weight is 212 g/mol. The highest BCUT2D eigenvalue weighted by molar-refractivity contribution is 5.92. The Morgan fingerprint density at radius 1 is 1.36 bits per heavy atom. The van der Waals surface area contributed by atoms with Crippen LogP contribution < -0.4 is 0 Å². The molecule has 0 heterocycles. The average Bonchev–Trinajstić information content (AvgIpc) is 1.97. The summed E-state index contributed by atoms with van der Waals surface area (Å²) in [5.74, 6) is -2.72. The number of alkyl halides is 3. The molecule has 0 rings (SSSR count). The van der Waals surface area contributed by atoms with Crippen LogP contribution in [-0.2, 0) is 14.3 Å². The van der Waals surface area contributed by atoms with Crippen molar-refractivity contribution < 1.29 is 32.6 Å². The first-order valence-electron chi connectivity index (χ1n) is 3.36. The second-order valence-corrected chi connectivity index (χ2v) is 2.37. The number of carbonyl (C=O) groups is 2. The SMILES string of the molecule is C=C(CC(=O)O)C(=O)OCC(F)(F)F. The fraction of sp³-hybridized carbons (Fsp3) is 0.429. The van der Waals surface area contributed by atoms with Gasteiger partial charge in [-0.25, -0.2) is 4.79 Å². The predicted molar refractivity (Wildman–Crippen MR) is 38.4 cm³/mol. The minimum Gasteiger partial charge on any atom is -0.481 e. The van der Waals surface area contributed by atoms with E-state index in [-0.39, 0.29) is 0 Å². The van der Waals surface area contributed by atoms with E-state index in [0.29, 0.717) is 0 Å². The molecular weight excluding hydrogens is 205 g/mol. The smallest absolute Gasteiger partial charge is 0.422 e. The van der Waals surface area contributed by atoms with Gasteiger partial charge in [-0.15, -0.1) is 0 Å². The first-order valence-corrected chi connectivity index (χ1v) is 3.36. The summed E-state index contributed by atoms with van der Waals surface area (Å²) in [6.07, 6.45) is -5.37. The number of carboxylic acid groups (broad SMARTS) is 1. The maximum atomic E-state index is 11.5. The van der Waals surface area contributed by atoms with Crippen LogP contribution in [0, 0.1) is 0 Å². The molecule has 14 heavy (non-hydrogen) atoms. The van der Waals surface area contributed by atoms with Crippen LogP contribution in [0.3, 0.4) is 0 Å². The van der Waals surface area contributed by atoms with Crippen molar-refractivity contribution in [2.24, 2.45) is 0 Å². The van der Waals surface area contributed by atoms with Gasteiger partial charge in [-0.1, -0.05) is 6.58 Å². The van der Waals surface area contributed by atoms with Crippen molar-refractivity contribution >= 4 is 11.9 Å². The lowest BCUT2D eigenvalue weighted by Gasteiger charge is -2.07. The Bertz CT molecular complexity index is 256. The molecule has 0 spiro atoms. The Kier molecular flexibility index (Phi) is 4.13. The van der Waals surface area contributed by atoms with Crippen molar-refractivity contribution in [3.05, 3.63) is 12.2 Å². The van der Waals surface area contributed by atoms with Gasteiger partial charge in [0.25, 0.3) is 0 Å². The highest BCUT2D eigenvalue weighted by Gasteiger charge is 2.30. The van der Waals surface area contributed by atoms with E-state index < -0.39 is 36.7 Å². The standard InChI is InChI=1S/C7H7F3O4/c1-4(2-5(11)12)6(13)14-3-7(8,9)10/h1-3H2,(H,11,12). The van der Waals surface area contributed by atoms with Crippen molar-refractivity contribution in [3.8, 4) is 0 Å². The summed E-state index contributed by atoms with van der Waals surface area (Å²) in [5.41, 5.74) is -0.526. The summed E-state index contributed by atoms with van der Waals surface area (Å²) in [7, 11) is 0. The van der Waals surface area contributed by atoms with Crippen LogP contribution in [-0.4, -0.2) is 29.8 Å². The van der Waals surface area contributed by atoms with Gasteiger partial charge in [-0.3, -0.25) is 4.79 Å². The molecule has 0 aliphatic heterocycles. The summed E-state index contributed by atoms with van der Waals surface area (Å²) < 4.78 is 38.3. The molecule has 0 aromatic heterocycles. The molecule has 0 aromatic rings. The van der Waals surface area contributed by atoms with E-state index in [1.807, 2.05) is 0 Å². The van der Waals surface area contributed by atoms with E-state index in [1.165, 1.54) is 0 Å². The highest BCUT2D eigenvalue weighted by atomic mass is 19.4. The van der Waals surface area contributed by atoms with E-state index in [1.54, 1.807) is 0 Å². The minimum atomic E-state index is -4.63. The first-order chi connectivity index (χ1) is 6.22. The number of carboxylic acids is 1. The lowest BCUT2D eigenvalue weighted by molar-refractivity contribution is -0.183. The number of hydrogen-bond acceptors (Lipinski definition) is 3. The molecular formula is C7H7F3O4. The Labute approximate surface area is 77.0 Å². The molecule has 0 saturated heterocycles. The zero-order valence-corrected chi connectivity index (χ0v) is 6.93. The number of halogens is 3. The zero-order chi connectivity index (χ0) is 11.4. The van der Waals surface area contributed by atoms with Crippen LogP contribution in [0.2, 0.25) is 0 Å². The second kappa shape index (κ2) is 4.64. The number of aliphatic carboxylic acids is 1. The van der Waals surface area contributed by atoms with Gasteiger partial charge in [0, 0.05) is 5.57 Å². The molecule has 0 atom stereocenters. The third-order valence-electron chi connectivity index (χ3n) is 1.02. The molecule has 4 nitrogen and oxygen atoms in total. The van der Waals surface area contributed by atoms with Crippen molar-refractivity contribution in [3.63, 3.8) is 0 Å². The third kappa shape index (κ3) is 6.04. The van der Waals surface area contributed by atoms with Crippen molar-refractivity contribution in [2.45, 2.75) is 12.6 Å². The lowest BCUT2D eigenvalue weighted by Crippen LogP contribution is -2.21. The van der Waals surface area contributed by atoms with E-state index in [0.717, 1.165) is 0 Å². The number of rotatable bonds is 4. The van der Waals surface area contributed by atoms with E-state index in [9.17, 15) is 22.8 Å². The van der Waals surface area contributed by atoms with E-state index in [2.05, 4.69) is 11.3 Å². The van der Waals surface area contributed by atoms with E-state index >= 15 is 0 Å². The summed E-state index contributed by atoms with van der Waals surface area (Å²) in [6, 6.07) is 0. The summed E-state index contributed by atoms with van der Waals surface area (Å²) in [6.45, 7) is 1.23. The number of hydrogen-bond donors (Lipinski definition) is 1. The quantitative estimate of drug-likeness (QED) is 0.560. The van der Waals surface area contributed by atoms with Gasteiger partial charge in [-0.2, -0.15) is 13.2 Å². The fourth-order valence-corrected chi connectivity index (χ4v) is 0.504. The van der Waals surface area contributed by atoms with Crippen LogP contribution >= 0.6 is 0 Å². The zero-order valence-electron chi connectivity index (χ0n) is 6.93. The number of ether oxygens (including phenoxy) is 1. The summed E-state index contributed by atoms with van der Waals surface area (Å²) in [5, 5.41) is 8.17. The second-order valence-electron chi connectivity index (χ2n) is 2.37. The fourth-order valence-electron chi connectivity index (χ4n) is 0.504. The molecule has 0 amide bonds. The Morgan fingerprint density at radius 2 is 1.86 bits per heavy atom. The molecule has 0 aliphatic carbocycles. The van der Waals surface area contributed by atoms with Gasteiger partial charge in [-0.05, 0) is 0 Å². The van der Waals surface area contributed by atoms with Crippen LogP contribution in [0.15, 0.2) is 12.2 Å². The van der Waals surface area contributed by atoms with Gasteiger partial charge in [0.15, 0.2) is 6.61 Å². The highest BCUT2D eigenvalue weighted by Crippen LogP contribution is 2.15. The molecule has 0 unspecified atom stereocenters. The first kappa shape index (κ1) is 12.5. The third-order valence-corrected chi connectivity index (χ3v) is 1.02. The largest absolute Gasteiger partial charge is 0.481 e. The van der Waals surface area contributed by atoms with Crippen LogP contribution in [0.5, 0.6) is 0 Å². The Hall–Kier alpha value is -1.53. The topological polar surface area (TPSA) is 63.6 Å². The molecule has 0 aliphatic rings. The lowest BCUT2D eigenvalue weighted by atomic mass is 10.2. The molecule has 1 N–H and O–H groups in total. The van der Waals surface area contributed by atoms with Crippen molar-refractivity contribution in [1.82, 2.24) is 0 Å². The minimum absolute atomic E-state index is 0.526. The van der Waals surface area contributed by atoms with Gasteiger partial charge in [0.05, 0.1) is 6.42 Å². The predicted octanol–water partition coefficient (Wildman–Crippen LogP) is 1.12. The number of carbonyl (C=O) groups excluding carboxylic acids is 1. The van der Waals surface area contributed by atoms with Gasteiger partial charge in [0.1, 0.15) is 0 Å². The molecule has 7 heteroatoms.